The van der Waals surface area contributed by atoms with Crippen molar-refractivity contribution in [3.05, 3.63) is 27.7 Å². The predicted octanol–water partition coefficient (Wildman–Crippen LogP) is 2.59. The predicted molar refractivity (Wildman–Crippen MR) is 88.2 cm³/mol. The van der Waals surface area contributed by atoms with Crippen LogP contribution in [0.15, 0.2) is 26.2 Å². The molecule has 2 unspecified atom stereocenters. The van der Waals surface area contributed by atoms with E-state index in [4.69, 9.17) is 16.0 Å². The van der Waals surface area contributed by atoms with Gasteiger partial charge in [0.05, 0.1) is 10.5 Å². The second-order valence-corrected chi connectivity index (χ2v) is 8.42. The van der Waals surface area contributed by atoms with Crippen molar-refractivity contribution in [1.29, 1.82) is 0 Å². The smallest absolute Gasteiger partial charge is 0.408 e. The van der Waals surface area contributed by atoms with Gasteiger partial charge in [-0.25, -0.2) is 13.2 Å². The Balaban J connectivity index is 2.14. The molecule has 1 aliphatic heterocycles. The van der Waals surface area contributed by atoms with E-state index in [9.17, 15) is 13.2 Å². The zero-order chi connectivity index (χ0) is 16.9. The average molecular weight is 359 g/mol. The third kappa shape index (κ3) is 2.60. The van der Waals surface area contributed by atoms with Gasteiger partial charge in [-0.3, -0.25) is 4.57 Å². The number of fused-ring (bicyclic) bond motifs is 1. The first kappa shape index (κ1) is 16.5. The SMILES string of the molecule is CC1CCCN(S(=O)(=O)c2cc3oc(=O)n(C)c3cc2Cl)C1C. The maximum absolute atomic E-state index is 13.0. The molecule has 0 bridgehead atoms. The van der Waals surface area contributed by atoms with Crippen LogP contribution in [0.3, 0.4) is 0 Å². The summed E-state index contributed by atoms with van der Waals surface area (Å²) in [5, 5.41) is 0.0966. The van der Waals surface area contributed by atoms with Crippen LogP contribution in [0, 0.1) is 5.92 Å². The molecule has 0 spiro atoms. The number of aromatic nitrogens is 1. The molecular weight excluding hydrogens is 340 g/mol. The largest absolute Gasteiger partial charge is 0.419 e. The minimum Gasteiger partial charge on any atom is -0.408 e. The van der Waals surface area contributed by atoms with Gasteiger partial charge in [0.1, 0.15) is 4.90 Å². The van der Waals surface area contributed by atoms with Gasteiger partial charge >= 0.3 is 5.76 Å². The number of aryl methyl sites for hydroxylation is 1. The minimum absolute atomic E-state index is 0.0121. The van der Waals surface area contributed by atoms with Gasteiger partial charge in [-0.2, -0.15) is 4.31 Å². The van der Waals surface area contributed by atoms with Crippen LogP contribution in [0.2, 0.25) is 5.02 Å². The fourth-order valence-electron chi connectivity index (χ4n) is 3.09. The summed E-state index contributed by atoms with van der Waals surface area (Å²) in [5.74, 6) is -0.263. The van der Waals surface area contributed by atoms with Gasteiger partial charge in [0, 0.05) is 25.7 Å². The zero-order valence-electron chi connectivity index (χ0n) is 13.2. The third-order valence-corrected chi connectivity index (χ3v) is 7.20. The number of sulfonamides is 1. The highest BCUT2D eigenvalue weighted by atomic mass is 35.5. The molecule has 23 heavy (non-hydrogen) atoms. The Hall–Kier alpha value is -1.31. The van der Waals surface area contributed by atoms with Crippen molar-refractivity contribution in [3.8, 4) is 0 Å². The average Bonchev–Trinajstić information content (AvgIpc) is 2.76. The van der Waals surface area contributed by atoms with Gasteiger partial charge in [-0.05, 0) is 31.7 Å². The molecule has 1 fully saturated rings. The molecule has 0 saturated carbocycles. The number of benzene rings is 1. The number of oxazole rings is 1. The standard InChI is InChI=1S/C15H19ClN2O4S/c1-9-5-4-6-18(10(9)2)23(20,21)14-8-13-12(7-11(14)16)17(3)15(19)22-13/h7-10H,4-6H2,1-3H3. The van der Waals surface area contributed by atoms with Gasteiger partial charge in [0.2, 0.25) is 10.0 Å². The summed E-state index contributed by atoms with van der Waals surface area (Å²) >= 11 is 6.21. The van der Waals surface area contributed by atoms with Gasteiger partial charge in [0.25, 0.3) is 0 Å². The Morgan fingerprint density at radius 1 is 1.30 bits per heavy atom. The zero-order valence-corrected chi connectivity index (χ0v) is 14.8. The summed E-state index contributed by atoms with van der Waals surface area (Å²) in [6.07, 6.45) is 1.83. The number of nitrogens with zero attached hydrogens (tertiary/aromatic N) is 2. The second-order valence-electron chi connectivity index (χ2n) is 6.15. The molecule has 0 N–H and O–H groups in total. The van der Waals surface area contributed by atoms with Gasteiger partial charge in [-0.15, -0.1) is 0 Å². The van der Waals surface area contributed by atoms with Crippen molar-refractivity contribution >= 4 is 32.7 Å². The Labute approximate surface area is 139 Å². The summed E-state index contributed by atoms with van der Waals surface area (Å²) in [4.78, 5) is 11.6. The number of rotatable bonds is 2. The van der Waals surface area contributed by atoms with Crippen molar-refractivity contribution in [2.45, 2.75) is 37.6 Å². The highest BCUT2D eigenvalue weighted by Gasteiger charge is 2.36. The first-order valence-corrected chi connectivity index (χ1v) is 9.36. The number of hydrogen-bond donors (Lipinski definition) is 0. The van der Waals surface area contributed by atoms with E-state index in [1.54, 1.807) is 7.05 Å². The van der Waals surface area contributed by atoms with Gasteiger partial charge in [-0.1, -0.05) is 18.5 Å². The molecule has 1 aromatic heterocycles. The van der Waals surface area contributed by atoms with Crippen molar-refractivity contribution in [2.75, 3.05) is 6.54 Å². The first-order chi connectivity index (χ1) is 10.7. The molecule has 0 aliphatic carbocycles. The van der Waals surface area contributed by atoms with Crippen LogP contribution < -0.4 is 5.76 Å². The summed E-state index contributed by atoms with van der Waals surface area (Å²) in [6, 6.07) is 2.72. The van der Waals surface area contributed by atoms with E-state index in [1.165, 1.54) is 21.0 Å². The van der Waals surface area contributed by atoms with E-state index in [-0.39, 0.29) is 27.5 Å². The number of hydrogen-bond acceptors (Lipinski definition) is 4. The quantitative estimate of drug-likeness (QED) is 0.827. The lowest BCUT2D eigenvalue weighted by atomic mass is 9.94. The van der Waals surface area contributed by atoms with E-state index >= 15 is 0 Å². The fraction of sp³-hybridized carbons (Fsp3) is 0.533. The van der Waals surface area contributed by atoms with E-state index in [1.807, 2.05) is 13.8 Å². The van der Waals surface area contributed by atoms with E-state index in [0.29, 0.717) is 12.1 Å². The maximum Gasteiger partial charge on any atom is 0.419 e. The summed E-state index contributed by atoms with van der Waals surface area (Å²) in [7, 11) is -2.19. The topological polar surface area (TPSA) is 72.5 Å². The first-order valence-electron chi connectivity index (χ1n) is 7.54. The van der Waals surface area contributed by atoms with Gasteiger partial charge < -0.3 is 4.42 Å². The molecule has 0 radical (unpaired) electrons. The molecule has 8 heteroatoms. The maximum atomic E-state index is 13.0. The summed E-state index contributed by atoms with van der Waals surface area (Å²) < 4.78 is 33.9. The molecule has 6 nitrogen and oxygen atoms in total. The van der Waals surface area contributed by atoms with E-state index < -0.39 is 15.8 Å². The Morgan fingerprint density at radius 3 is 2.70 bits per heavy atom. The van der Waals surface area contributed by atoms with Crippen LogP contribution in [0.25, 0.3) is 11.1 Å². The lowest BCUT2D eigenvalue weighted by Gasteiger charge is -2.36. The molecular formula is C15H19ClN2O4S. The molecule has 1 aliphatic rings. The lowest BCUT2D eigenvalue weighted by Crippen LogP contribution is -2.45. The molecule has 126 valence electrons. The summed E-state index contributed by atoms with van der Waals surface area (Å²) in [5.41, 5.74) is 0.692. The normalized spacial score (nSPS) is 23.5. The van der Waals surface area contributed by atoms with Gasteiger partial charge in [0.15, 0.2) is 5.58 Å². The highest BCUT2D eigenvalue weighted by Crippen LogP contribution is 2.33. The van der Waals surface area contributed by atoms with Crippen molar-refractivity contribution in [1.82, 2.24) is 8.87 Å². The summed E-state index contributed by atoms with van der Waals surface area (Å²) in [6.45, 7) is 4.44. The van der Waals surface area contributed by atoms with Crippen LogP contribution in [-0.2, 0) is 17.1 Å². The van der Waals surface area contributed by atoms with Crippen molar-refractivity contribution in [2.24, 2.45) is 13.0 Å². The van der Waals surface area contributed by atoms with Crippen molar-refractivity contribution < 1.29 is 12.8 Å². The monoisotopic (exact) mass is 358 g/mol. The molecule has 1 aromatic carbocycles. The van der Waals surface area contributed by atoms with Crippen LogP contribution in [-0.4, -0.2) is 29.9 Å². The Morgan fingerprint density at radius 2 is 2.00 bits per heavy atom. The minimum atomic E-state index is -3.74. The molecule has 0 amide bonds. The number of halogens is 1. The van der Waals surface area contributed by atoms with E-state index in [2.05, 4.69) is 0 Å². The molecule has 1 saturated heterocycles. The Bertz CT molecular complexity index is 915. The second kappa shape index (κ2) is 5.65. The van der Waals surface area contributed by atoms with E-state index in [0.717, 1.165) is 12.8 Å². The van der Waals surface area contributed by atoms with Crippen molar-refractivity contribution in [3.63, 3.8) is 0 Å². The van der Waals surface area contributed by atoms with Crippen LogP contribution >= 0.6 is 11.6 Å². The van der Waals surface area contributed by atoms with Crippen LogP contribution in [0.4, 0.5) is 0 Å². The number of piperidine rings is 1. The third-order valence-electron chi connectivity index (χ3n) is 4.75. The lowest BCUT2D eigenvalue weighted by molar-refractivity contribution is 0.202. The highest BCUT2D eigenvalue weighted by molar-refractivity contribution is 7.89. The van der Waals surface area contributed by atoms with Crippen LogP contribution in [0.1, 0.15) is 26.7 Å². The Kier molecular flexibility index (Phi) is 4.06. The molecule has 2 heterocycles. The fourth-order valence-corrected chi connectivity index (χ4v) is 5.37. The molecule has 3 rings (SSSR count). The molecule has 2 aromatic rings. The van der Waals surface area contributed by atoms with Crippen LogP contribution in [0.5, 0.6) is 0 Å². The molecule has 2 atom stereocenters.